The Morgan fingerprint density at radius 3 is 2.37 bits per heavy atom. The van der Waals surface area contributed by atoms with Gasteiger partial charge in [-0.3, -0.25) is 14.5 Å². The van der Waals surface area contributed by atoms with Crippen LogP contribution in [0.15, 0.2) is 36.5 Å². The molecule has 2 aromatic rings. The van der Waals surface area contributed by atoms with Crippen molar-refractivity contribution in [2.45, 2.75) is 63.5 Å². The van der Waals surface area contributed by atoms with E-state index in [2.05, 4.69) is 15.0 Å². The molecule has 3 heterocycles. The summed E-state index contributed by atoms with van der Waals surface area (Å²) in [4.78, 5) is 31.8. The van der Waals surface area contributed by atoms with E-state index in [9.17, 15) is 35.6 Å². The highest BCUT2D eigenvalue weighted by atomic mass is 32.2. The van der Waals surface area contributed by atoms with E-state index in [0.29, 0.717) is 11.3 Å². The number of anilines is 2. The van der Waals surface area contributed by atoms with Gasteiger partial charge in [0, 0.05) is 23.4 Å². The number of pyridine rings is 1. The summed E-state index contributed by atoms with van der Waals surface area (Å²) < 4.78 is 80.2. The Morgan fingerprint density at radius 2 is 1.74 bits per heavy atom. The topological polar surface area (TPSA) is 106 Å². The molecule has 38 heavy (non-hydrogen) atoms. The largest absolute Gasteiger partial charge is 0.457 e. The van der Waals surface area contributed by atoms with Gasteiger partial charge in [-0.2, -0.15) is 4.39 Å². The Kier molecular flexibility index (Phi) is 7.19. The number of hydrogen-bond donors (Lipinski definition) is 1. The fraction of sp³-hybridized carbons (Fsp3) is 0.480. The minimum absolute atomic E-state index is 0.00731. The summed E-state index contributed by atoms with van der Waals surface area (Å²) in [7, 11) is -3.12. The third kappa shape index (κ3) is 5.33. The van der Waals surface area contributed by atoms with Gasteiger partial charge in [0.15, 0.2) is 0 Å². The maximum atomic E-state index is 13.8. The maximum Gasteiger partial charge on any atom is 0.275 e. The van der Waals surface area contributed by atoms with E-state index in [4.69, 9.17) is 0 Å². The molecule has 13 heteroatoms. The number of benzene rings is 1. The first-order chi connectivity index (χ1) is 17.6. The number of nitrogens with zero attached hydrogens (tertiary/aromatic N) is 2. The lowest BCUT2D eigenvalue weighted by molar-refractivity contribution is -0.121. The number of ether oxygens (including phenoxy) is 1. The Hall–Kier alpha value is -3.22. The Morgan fingerprint density at radius 1 is 1.08 bits per heavy atom. The highest BCUT2D eigenvalue weighted by Crippen LogP contribution is 2.45. The quantitative estimate of drug-likeness (QED) is 0.516. The summed E-state index contributed by atoms with van der Waals surface area (Å²) in [5, 5.41) is 2.91. The lowest BCUT2D eigenvalue weighted by atomic mass is 9.85. The third-order valence-corrected chi connectivity index (χ3v) is 8.59. The minimum atomic E-state index is -3.57. The number of hydrogen-bond acceptors (Lipinski definition) is 6. The standard InChI is InChI=1S/C25H27F4N3O5S/c1-24(2)16-12-14(22(33)31-25(3)7-10-38(35,36)11-8-25)4-5-17(16)32(23(24)34)18-13-15(6-9-30-18)37-21(29)19(26)20(27)28/h4-6,9,12-13,19-21H,7-8,10-11H2,1-3H3,(H,31,33). The van der Waals surface area contributed by atoms with Gasteiger partial charge in [0.2, 0.25) is 12.1 Å². The van der Waals surface area contributed by atoms with E-state index < -0.39 is 51.6 Å². The summed E-state index contributed by atoms with van der Waals surface area (Å²) >= 11 is 0. The van der Waals surface area contributed by atoms with Crippen LogP contribution >= 0.6 is 0 Å². The summed E-state index contributed by atoms with van der Waals surface area (Å²) in [6.45, 7) is 5.09. The number of alkyl halides is 4. The molecule has 8 nitrogen and oxygen atoms in total. The van der Waals surface area contributed by atoms with Crippen molar-refractivity contribution >= 4 is 33.2 Å². The van der Waals surface area contributed by atoms with Gasteiger partial charge < -0.3 is 10.1 Å². The number of nitrogens with one attached hydrogen (secondary N) is 1. The number of fused-ring (bicyclic) bond motifs is 1. The second-order valence-electron chi connectivity index (χ2n) is 10.3. The van der Waals surface area contributed by atoms with Crippen molar-refractivity contribution in [2.24, 2.45) is 0 Å². The van der Waals surface area contributed by atoms with Crippen molar-refractivity contribution in [1.82, 2.24) is 10.3 Å². The maximum absolute atomic E-state index is 13.8. The van der Waals surface area contributed by atoms with Crippen molar-refractivity contribution in [1.29, 1.82) is 0 Å². The van der Waals surface area contributed by atoms with Gasteiger partial charge in [0.25, 0.3) is 18.7 Å². The van der Waals surface area contributed by atoms with E-state index in [1.165, 1.54) is 11.0 Å². The zero-order valence-electron chi connectivity index (χ0n) is 20.9. The first kappa shape index (κ1) is 27.8. The zero-order valence-corrected chi connectivity index (χ0v) is 21.7. The van der Waals surface area contributed by atoms with Crippen LogP contribution in [0, 0.1) is 0 Å². The van der Waals surface area contributed by atoms with E-state index >= 15 is 0 Å². The third-order valence-electron chi connectivity index (χ3n) is 6.94. The van der Waals surface area contributed by atoms with Crippen LogP contribution in [-0.2, 0) is 20.0 Å². The molecule has 2 unspecified atom stereocenters. The molecule has 4 rings (SSSR count). The second-order valence-corrected chi connectivity index (χ2v) is 12.6. The van der Waals surface area contributed by atoms with E-state index in [-0.39, 0.29) is 41.5 Å². The molecule has 2 atom stereocenters. The van der Waals surface area contributed by atoms with Crippen LogP contribution in [0.25, 0.3) is 0 Å². The van der Waals surface area contributed by atoms with Crippen molar-refractivity contribution in [3.63, 3.8) is 0 Å². The molecule has 0 radical (unpaired) electrons. The van der Waals surface area contributed by atoms with Gasteiger partial charge in [-0.25, -0.2) is 26.6 Å². The van der Waals surface area contributed by atoms with Crippen molar-refractivity contribution in [3.8, 4) is 5.75 Å². The fourth-order valence-electron chi connectivity index (χ4n) is 4.47. The number of aromatic nitrogens is 1. The summed E-state index contributed by atoms with van der Waals surface area (Å²) in [5.41, 5.74) is -0.628. The van der Waals surface area contributed by atoms with Gasteiger partial charge >= 0.3 is 0 Å². The second kappa shape index (κ2) is 9.83. The molecular weight excluding hydrogens is 530 g/mol. The highest BCUT2D eigenvalue weighted by Gasteiger charge is 2.46. The fourth-order valence-corrected chi connectivity index (χ4v) is 6.20. The summed E-state index contributed by atoms with van der Waals surface area (Å²) in [5.74, 6) is -1.18. The van der Waals surface area contributed by atoms with Crippen molar-refractivity contribution in [3.05, 3.63) is 47.7 Å². The van der Waals surface area contributed by atoms with Crippen molar-refractivity contribution < 1.29 is 40.3 Å². The number of carbonyl (C=O) groups excluding carboxylic acids is 2. The van der Waals surface area contributed by atoms with E-state index in [0.717, 1.165) is 18.3 Å². The van der Waals surface area contributed by atoms with Crippen LogP contribution in [0.5, 0.6) is 5.75 Å². The molecule has 1 aromatic heterocycles. The Labute approximate surface area is 217 Å². The molecule has 1 aromatic carbocycles. The number of carbonyl (C=O) groups is 2. The molecule has 1 saturated heterocycles. The molecule has 206 valence electrons. The predicted molar refractivity (Wildman–Crippen MR) is 131 cm³/mol. The van der Waals surface area contributed by atoms with Crippen LogP contribution in [0.2, 0.25) is 0 Å². The summed E-state index contributed by atoms with van der Waals surface area (Å²) in [6, 6.07) is 6.90. The molecule has 0 saturated carbocycles. The highest BCUT2D eigenvalue weighted by molar-refractivity contribution is 7.91. The van der Waals surface area contributed by atoms with Gasteiger partial charge in [0.05, 0.1) is 22.6 Å². The van der Waals surface area contributed by atoms with Gasteiger partial charge in [-0.05, 0) is 63.4 Å². The molecule has 0 bridgehead atoms. The lowest BCUT2D eigenvalue weighted by Gasteiger charge is -2.34. The molecule has 2 aliphatic rings. The molecule has 0 spiro atoms. The Bertz CT molecular complexity index is 1350. The first-order valence-corrected chi connectivity index (χ1v) is 13.7. The van der Waals surface area contributed by atoms with Gasteiger partial charge in [0.1, 0.15) is 21.4 Å². The lowest BCUT2D eigenvalue weighted by Crippen LogP contribution is -2.50. The Balaban J connectivity index is 1.60. The summed E-state index contributed by atoms with van der Waals surface area (Å²) in [6.07, 6.45) is -7.90. The molecule has 2 aliphatic heterocycles. The van der Waals surface area contributed by atoms with Gasteiger partial charge in [-0.15, -0.1) is 0 Å². The minimum Gasteiger partial charge on any atom is -0.457 e. The average molecular weight is 558 g/mol. The molecule has 1 fully saturated rings. The van der Waals surface area contributed by atoms with E-state index in [1.54, 1.807) is 32.9 Å². The smallest absolute Gasteiger partial charge is 0.275 e. The van der Waals surface area contributed by atoms with Crippen LogP contribution in [0.4, 0.5) is 29.1 Å². The molecule has 0 aliphatic carbocycles. The molecule has 1 N–H and O–H groups in total. The van der Waals surface area contributed by atoms with Crippen LogP contribution < -0.4 is 15.0 Å². The first-order valence-electron chi connectivity index (χ1n) is 11.8. The number of amides is 2. The van der Waals surface area contributed by atoms with Crippen LogP contribution in [0.1, 0.15) is 49.5 Å². The SMILES string of the molecule is CC1(NC(=O)c2ccc3c(c2)C(C)(C)C(=O)N3c2cc(OC(F)C(F)C(F)F)ccn2)CCS(=O)(=O)CC1. The van der Waals surface area contributed by atoms with E-state index in [1.807, 2.05) is 0 Å². The predicted octanol–water partition coefficient (Wildman–Crippen LogP) is 4.01. The average Bonchev–Trinajstić information content (AvgIpc) is 3.05. The molecule has 2 amide bonds. The monoisotopic (exact) mass is 557 g/mol. The zero-order chi connectivity index (χ0) is 28.0. The molecular formula is C25H27F4N3O5S. The number of halogens is 4. The number of sulfone groups is 1. The van der Waals surface area contributed by atoms with Crippen LogP contribution in [0.3, 0.4) is 0 Å². The van der Waals surface area contributed by atoms with Crippen molar-refractivity contribution in [2.75, 3.05) is 16.4 Å². The van der Waals surface area contributed by atoms with Crippen LogP contribution in [-0.4, -0.2) is 61.2 Å². The van der Waals surface area contributed by atoms with Gasteiger partial charge in [-0.1, -0.05) is 0 Å². The normalized spacial score (nSPS) is 21.1. The number of rotatable bonds is 7.